The van der Waals surface area contributed by atoms with Crippen LogP contribution in [0.1, 0.15) is 52.4 Å². The van der Waals surface area contributed by atoms with E-state index in [9.17, 15) is 0 Å². The molecule has 0 aromatic carbocycles. The van der Waals surface area contributed by atoms with Gasteiger partial charge in [-0.05, 0) is 19.3 Å². The standard InChI is InChI=1S/C15H30N2O/c1-3-5-7-13(6-4-2)17-10-8-14-15(12-17)18-11-9-16-14/h13-16H,3-12H2,1-2H3/t13?,14-,15-/m0/s1. The predicted molar refractivity (Wildman–Crippen MR) is 75.9 cm³/mol. The molecule has 2 saturated heterocycles. The molecule has 2 heterocycles. The summed E-state index contributed by atoms with van der Waals surface area (Å²) in [6, 6.07) is 1.41. The molecule has 3 nitrogen and oxygen atoms in total. The molecule has 2 rings (SSSR count). The van der Waals surface area contributed by atoms with Crippen LogP contribution in [0.4, 0.5) is 0 Å². The van der Waals surface area contributed by atoms with Crippen molar-refractivity contribution in [2.24, 2.45) is 0 Å². The number of piperidine rings is 1. The number of fused-ring (bicyclic) bond motifs is 1. The molecule has 3 heteroatoms. The number of likely N-dealkylation sites (tertiary alicyclic amines) is 1. The molecular formula is C15H30N2O. The first kappa shape index (κ1) is 14.3. The van der Waals surface area contributed by atoms with Gasteiger partial charge in [0.1, 0.15) is 0 Å². The van der Waals surface area contributed by atoms with Gasteiger partial charge in [-0.25, -0.2) is 0 Å². The number of nitrogens with zero attached hydrogens (tertiary/aromatic N) is 1. The summed E-state index contributed by atoms with van der Waals surface area (Å²) >= 11 is 0. The van der Waals surface area contributed by atoms with Crippen molar-refractivity contribution >= 4 is 0 Å². The average molecular weight is 254 g/mol. The minimum atomic E-state index is 0.438. The molecule has 18 heavy (non-hydrogen) atoms. The highest BCUT2D eigenvalue weighted by atomic mass is 16.5. The first-order chi connectivity index (χ1) is 8.85. The third-order valence-electron chi connectivity index (χ3n) is 4.46. The van der Waals surface area contributed by atoms with E-state index in [2.05, 4.69) is 24.1 Å². The van der Waals surface area contributed by atoms with Gasteiger partial charge in [0.15, 0.2) is 0 Å². The van der Waals surface area contributed by atoms with Crippen LogP contribution >= 0.6 is 0 Å². The lowest BCUT2D eigenvalue weighted by molar-refractivity contribution is -0.0580. The molecule has 1 unspecified atom stereocenters. The van der Waals surface area contributed by atoms with Gasteiger partial charge >= 0.3 is 0 Å². The second-order valence-electron chi connectivity index (χ2n) is 5.84. The Morgan fingerprint density at radius 3 is 2.94 bits per heavy atom. The summed E-state index contributed by atoms with van der Waals surface area (Å²) in [7, 11) is 0. The fraction of sp³-hybridized carbons (Fsp3) is 1.00. The fourth-order valence-corrected chi connectivity index (χ4v) is 3.41. The number of hydrogen-bond acceptors (Lipinski definition) is 3. The van der Waals surface area contributed by atoms with E-state index in [1.54, 1.807) is 0 Å². The molecule has 2 aliphatic rings. The van der Waals surface area contributed by atoms with Crippen LogP contribution in [0.25, 0.3) is 0 Å². The van der Waals surface area contributed by atoms with Gasteiger partial charge in [0.25, 0.3) is 0 Å². The van der Waals surface area contributed by atoms with Crippen LogP contribution in [0.5, 0.6) is 0 Å². The number of unbranched alkanes of at least 4 members (excludes halogenated alkanes) is 1. The zero-order valence-corrected chi connectivity index (χ0v) is 12.2. The molecule has 0 aromatic heterocycles. The Labute approximate surface area is 112 Å². The predicted octanol–water partition coefficient (Wildman–Crippen LogP) is 2.41. The summed E-state index contributed by atoms with van der Waals surface area (Å²) in [5.74, 6) is 0. The molecule has 2 fully saturated rings. The molecule has 0 spiro atoms. The van der Waals surface area contributed by atoms with Crippen molar-refractivity contribution < 1.29 is 4.74 Å². The van der Waals surface area contributed by atoms with Gasteiger partial charge in [-0.1, -0.05) is 33.1 Å². The van der Waals surface area contributed by atoms with E-state index >= 15 is 0 Å². The van der Waals surface area contributed by atoms with E-state index in [1.807, 2.05) is 0 Å². The molecule has 106 valence electrons. The summed E-state index contributed by atoms with van der Waals surface area (Å²) in [6.45, 7) is 8.93. The lowest BCUT2D eigenvalue weighted by Crippen LogP contribution is -2.59. The van der Waals surface area contributed by atoms with E-state index in [-0.39, 0.29) is 0 Å². The number of nitrogens with one attached hydrogen (secondary N) is 1. The zero-order valence-electron chi connectivity index (χ0n) is 12.2. The van der Waals surface area contributed by atoms with E-state index in [0.717, 1.165) is 25.7 Å². The van der Waals surface area contributed by atoms with Crippen LogP contribution in [-0.2, 0) is 4.74 Å². The fourth-order valence-electron chi connectivity index (χ4n) is 3.41. The molecule has 0 aromatic rings. The minimum Gasteiger partial charge on any atom is -0.374 e. The second kappa shape index (κ2) is 7.46. The van der Waals surface area contributed by atoms with Crippen LogP contribution in [-0.4, -0.2) is 49.3 Å². The molecule has 3 atom stereocenters. The van der Waals surface area contributed by atoms with Crippen molar-refractivity contribution in [2.45, 2.75) is 70.6 Å². The first-order valence-electron chi connectivity index (χ1n) is 7.94. The molecule has 2 aliphatic heterocycles. The molecule has 0 saturated carbocycles. The zero-order chi connectivity index (χ0) is 12.8. The van der Waals surface area contributed by atoms with Crippen LogP contribution in [0.15, 0.2) is 0 Å². The van der Waals surface area contributed by atoms with Crippen molar-refractivity contribution in [2.75, 3.05) is 26.2 Å². The molecule has 0 radical (unpaired) electrons. The molecule has 0 aliphatic carbocycles. The van der Waals surface area contributed by atoms with E-state index < -0.39 is 0 Å². The summed E-state index contributed by atoms with van der Waals surface area (Å²) in [5, 5.41) is 3.60. The number of rotatable bonds is 6. The van der Waals surface area contributed by atoms with Crippen LogP contribution in [0, 0.1) is 0 Å². The third kappa shape index (κ3) is 3.69. The normalized spacial score (nSPS) is 31.0. The Balaban J connectivity index is 1.86. The van der Waals surface area contributed by atoms with E-state index in [4.69, 9.17) is 4.74 Å². The quantitative estimate of drug-likeness (QED) is 0.788. The topological polar surface area (TPSA) is 24.5 Å². The van der Waals surface area contributed by atoms with E-state index in [1.165, 1.54) is 45.1 Å². The SMILES string of the molecule is CCCCC(CCC)N1CC[C@@H]2NCCO[C@H]2C1. The maximum atomic E-state index is 5.94. The largest absolute Gasteiger partial charge is 0.374 e. The van der Waals surface area contributed by atoms with Crippen LogP contribution in [0.2, 0.25) is 0 Å². The smallest absolute Gasteiger partial charge is 0.0855 e. The van der Waals surface area contributed by atoms with Gasteiger partial charge in [-0.3, -0.25) is 4.90 Å². The molecule has 0 bridgehead atoms. The van der Waals surface area contributed by atoms with Gasteiger partial charge in [0.05, 0.1) is 12.7 Å². The summed E-state index contributed by atoms with van der Waals surface area (Å²) in [6.07, 6.45) is 8.41. The highest BCUT2D eigenvalue weighted by Crippen LogP contribution is 2.23. The summed E-state index contributed by atoms with van der Waals surface area (Å²) in [5.41, 5.74) is 0. The summed E-state index contributed by atoms with van der Waals surface area (Å²) in [4.78, 5) is 2.70. The number of ether oxygens (including phenoxy) is 1. The summed E-state index contributed by atoms with van der Waals surface area (Å²) < 4.78 is 5.94. The third-order valence-corrected chi connectivity index (χ3v) is 4.46. The van der Waals surface area contributed by atoms with Crippen LogP contribution in [0.3, 0.4) is 0 Å². The Kier molecular flexibility index (Phi) is 5.93. The van der Waals surface area contributed by atoms with Gasteiger partial charge in [-0.2, -0.15) is 0 Å². The van der Waals surface area contributed by atoms with Gasteiger partial charge in [-0.15, -0.1) is 0 Å². The Morgan fingerprint density at radius 2 is 2.17 bits per heavy atom. The average Bonchev–Trinajstić information content (AvgIpc) is 2.43. The molecule has 0 amide bonds. The number of morpholine rings is 1. The maximum absolute atomic E-state index is 5.94. The molecule has 1 N–H and O–H groups in total. The number of hydrogen-bond donors (Lipinski definition) is 1. The van der Waals surface area contributed by atoms with Crippen molar-refractivity contribution in [3.8, 4) is 0 Å². The first-order valence-corrected chi connectivity index (χ1v) is 7.94. The van der Waals surface area contributed by atoms with Gasteiger partial charge < -0.3 is 10.1 Å². The second-order valence-corrected chi connectivity index (χ2v) is 5.84. The van der Waals surface area contributed by atoms with Crippen molar-refractivity contribution in [3.05, 3.63) is 0 Å². The monoisotopic (exact) mass is 254 g/mol. The van der Waals surface area contributed by atoms with Crippen molar-refractivity contribution in [1.82, 2.24) is 10.2 Å². The lowest BCUT2D eigenvalue weighted by Gasteiger charge is -2.44. The Bertz CT molecular complexity index is 235. The van der Waals surface area contributed by atoms with Crippen LogP contribution < -0.4 is 5.32 Å². The minimum absolute atomic E-state index is 0.438. The van der Waals surface area contributed by atoms with Crippen molar-refractivity contribution in [3.63, 3.8) is 0 Å². The van der Waals surface area contributed by atoms with E-state index in [0.29, 0.717) is 12.1 Å². The highest BCUT2D eigenvalue weighted by molar-refractivity contribution is 4.90. The highest BCUT2D eigenvalue weighted by Gasteiger charge is 2.34. The maximum Gasteiger partial charge on any atom is 0.0855 e. The Hall–Kier alpha value is -0.120. The lowest BCUT2D eigenvalue weighted by atomic mass is 9.95. The molecular weight excluding hydrogens is 224 g/mol. The van der Waals surface area contributed by atoms with Crippen molar-refractivity contribution in [1.29, 1.82) is 0 Å². The van der Waals surface area contributed by atoms with Gasteiger partial charge in [0.2, 0.25) is 0 Å². The van der Waals surface area contributed by atoms with Gasteiger partial charge in [0, 0.05) is 31.7 Å². The Morgan fingerprint density at radius 1 is 1.28 bits per heavy atom.